The van der Waals surface area contributed by atoms with E-state index in [1.807, 2.05) is 18.4 Å². The van der Waals surface area contributed by atoms with Crippen LogP contribution in [0.25, 0.3) is 0 Å². The molecule has 0 radical (unpaired) electrons. The number of aliphatic hydroxyl groups excluding tert-OH is 1. The summed E-state index contributed by atoms with van der Waals surface area (Å²) in [5.41, 5.74) is 5.48. The largest absolute Gasteiger partial charge is 0.393 e. The van der Waals surface area contributed by atoms with E-state index in [1.54, 1.807) is 18.3 Å². The number of rotatable bonds is 4. The molecule has 0 amide bonds. The maximum Gasteiger partial charge on any atom is 0.0581 e. The summed E-state index contributed by atoms with van der Waals surface area (Å²) in [6.45, 7) is 4.35. The Labute approximate surface area is 83.4 Å². The summed E-state index contributed by atoms with van der Waals surface area (Å²) in [5.74, 6) is 0. The first-order valence-electron chi connectivity index (χ1n) is 4.49. The van der Waals surface area contributed by atoms with Gasteiger partial charge in [-0.3, -0.25) is 0 Å². The van der Waals surface area contributed by atoms with Gasteiger partial charge in [0.25, 0.3) is 0 Å². The second kappa shape index (κ2) is 4.22. The highest BCUT2D eigenvalue weighted by molar-refractivity contribution is 7.09. The highest BCUT2D eigenvalue weighted by atomic mass is 32.1. The zero-order chi connectivity index (χ0) is 9.90. The molecule has 13 heavy (non-hydrogen) atoms. The molecule has 0 spiro atoms. The van der Waals surface area contributed by atoms with E-state index in [4.69, 9.17) is 5.73 Å². The van der Waals surface area contributed by atoms with Gasteiger partial charge in [0.2, 0.25) is 0 Å². The standard InChI is InChI=1S/C10H17NOS/c1-8(12)10(2,7-11)6-9-4-3-5-13-9/h3-5,8,12H,6-7,11H2,1-2H3. The van der Waals surface area contributed by atoms with Gasteiger partial charge in [0.15, 0.2) is 0 Å². The first-order chi connectivity index (χ1) is 6.08. The van der Waals surface area contributed by atoms with Gasteiger partial charge in [-0.05, 0) is 24.8 Å². The molecule has 0 fully saturated rings. The molecular formula is C10H17NOS. The van der Waals surface area contributed by atoms with Gasteiger partial charge in [0.05, 0.1) is 6.10 Å². The number of aliphatic hydroxyl groups is 1. The molecule has 1 heterocycles. The fourth-order valence-corrected chi connectivity index (χ4v) is 2.10. The Kier molecular flexibility index (Phi) is 3.47. The highest BCUT2D eigenvalue weighted by Crippen LogP contribution is 2.27. The normalized spacial score (nSPS) is 18.2. The van der Waals surface area contributed by atoms with Crippen LogP contribution in [0.1, 0.15) is 18.7 Å². The molecule has 2 nitrogen and oxygen atoms in total. The van der Waals surface area contributed by atoms with E-state index in [9.17, 15) is 5.11 Å². The van der Waals surface area contributed by atoms with Crippen molar-refractivity contribution < 1.29 is 5.11 Å². The summed E-state index contributed by atoms with van der Waals surface area (Å²) in [6, 6.07) is 4.11. The van der Waals surface area contributed by atoms with Crippen LogP contribution in [0, 0.1) is 5.41 Å². The molecule has 0 aliphatic rings. The van der Waals surface area contributed by atoms with Crippen molar-refractivity contribution >= 4 is 11.3 Å². The summed E-state index contributed by atoms with van der Waals surface area (Å²) >= 11 is 1.72. The van der Waals surface area contributed by atoms with Crippen molar-refractivity contribution in [3.05, 3.63) is 22.4 Å². The molecule has 74 valence electrons. The SMILES string of the molecule is CC(O)C(C)(CN)Cc1cccs1. The molecule has 2 atom stereocenters. The molecule has 0 saturated heterocycles. The lowest BCUT2D eigenvalue weighted by Gasteiger charge is -2.30. The fraction of sp³-hybridized carbons (Fsp3) is 0.600. The Balaban J connectivity index is 2.69. The maximum atomic E-state index is 9.59. The Morgan fingerprint density at radius 3 is 2.77 bits per heavy atom. The van der Waals surface area contributed by atoms with Gasteiger partial charge >= 0.3 is 0 Å². The zero-order valence-electron chi connectivity index (χ0n) is 8.16. The van der Waals surface area contributed by atoms with Gasteiger partial charge in [-0.2, -0.15) is 0 Å². The van der Waals surface area contributed by atoms with Gasteiger partial charge in [0, 0.05) is 16.8 Å². The van der Waals surface area contributed by atoms with Crippen molar-refractivity contribution in [1.82, 2.24) is 0 Å². The Bertz CT molecular complexity index is 245. The van der Waals surface area contributed by atoms with Gasteiger partial charge in [-0.25, -0.2) is 0 Å². The number of nitrogens with two attached hydrogens (primary N) is 1. The maximum absolute atomic E-state index is 9.59. The molecule has 1 aromatic rings. The van der Waals surface area contributed by atoms with Crippen molar-refractivity contribution in [2.45, 2.75) is 26.4 Å². The quantitative estimate of drug-likeness (QED) is 0.774. The molecule has 1 rings (SSSR count). The highest BCUT2D eigenvalue weighted by Gasteiger charge is 2.28. The summed E-state index contributed by atoms with van der Waals surface area (Å²) in [6.07, 6.45) is 0.498. The first kappa shape index (κ1) is 10.7. The van der Waals surface area contributed by atoms with E-state index in [-0.39, 0.29) is 11.5 Å². The molecule has 0 aliphatic heterocycles. The van der Waals surface area contributed by atoms with Crippen molar-refractivity contribution in [1.29, 1.82) is 0 Å². The zero-order valence-corrected chi connectivity index (χ0v) is 8.97. The van der Waals surface area contributed by atoms with Crippen molar-refractivity contribution in [2.24, 2.45) is 11.1 Å². The average Bonchev–Trinajstić information content (AvgIpc) is 2.56. The van der Waals surface area contributed by atoms with Crippen molar-refractivity contribution in [3.8, 4) is 0 Å². The van der Waals surface area contributed by atoms with E-state index in [0.29, 0.717) is 6.54 Å². The molecular weight excluding hydrogens is 182 g/mol. The van der Waals surface area contributed by atoms with Crippen LogP contribution in [0.3, 0.4) is 0 Å². The Hall–Kier alpha value is -0.380. The van der Waals surface area contributed by atoms with E-state index in [1.165, 1.54) is 4.88 Å². The molecule has 3 N–H and O–H groups in total. The number of thiophene rings is 1. The minimum absolute atomic E-state index is 0.190. The smallest absolute Gasteiger partial charge is 0.0581 e. The lowest BCUT2D eigenvalue weighted by atomic mass is 9.81. The van der Waals surface area contributed by atoms with Gasteiger partial charge < -0.3 is 10.8 Å². The molecule has 0 aromatic carbocycles. The fourth-order valence-electron chi connectivity index (χ4n) is 1.20. The van der Waals surface area contributed by atoms with E-state index >= 15 is 0 Å². The minimum atomic E-state index is -0.361. The summed E-state index contributed by atoms with van der Waals surface area (Å²) in [4.78, 5) is 1.29. The molecule has 0 saturated carbocycles. The second-order valence-electron chi connectivity index (χ2n) is 3.79. The van der Waals surface area contributed by atoms with Crippen molar-refractivity contribution in [2.75, 3.05) is 6.54 Å². The van der Waals surface area contributed by atoms with Crippen LogP contribution >= 0.6 is 11.3 Å². The van der Waals surface area contributed by atoms with Crippen LogP contribution < -0.4 is 5.73 Å². The molecule has 0 bridgehead atoms. The predicted octanol–water partition coefficient (Wildman–Crippen LogP) is 1.64. The average molecular weight is 199 g/mol. The third-order valence-corrected chi connectivity index (χ3v) is 3.51. The van der Waals surface area contributed by atoms with Crippen molar-refractivity contribution in [3.63, 3.8) is 0 Å². The topological polar surface area (TPSA) is 46.2 Å². The van der Waals surface area contributed by atoms with Crippen LogP contribution in [0.5, 0.6) is 0 Å². The molecule has 2 unspecified atom stereocenters. The van der Waals surface area contributed by atoms with E-state index in [2.05, 4.69) is 6.07 Å². The second-order valence-corrected chi connectivity index (χ2v) is 4.82. The summed E-state index contributed by atoms with van der Waals surface area (Å²) in [5, 5.41) is 11.6. The van der Waals surface area contributed by atoms with Crippen LogP contribution in [0.2, 0.25) is 0 Å². The van der Waals surface area contributed by atoms with Crippen LogP contribution in [0.4, 0.5) is 0 Å². The first-order valence-corrected chi connectivity index (χ1v) is 5.37. The number of hydrogen-bond donors (Lipinski definition) is 2. The van der Waals surface area contributed by atoms with E-state index in [0.717, 1.165) is 6.42 Å². The third kappa shape index (κ3) is 2.53. The third-order valence-electron chi connectivity index (χ3n) is 2.63. The Morgan fingerprint density at radius 2 is 2.38 bits per heavy atom. The lowest BCUT2D eigenvalue weighted by Crippen LogP contribution is -2.39. The van der Waals surface area contributed by atoms with E-state index < -0.39 is 0 Å². The summed E-state index contributed by atoms with van der Waals surface area (Å²) < 4.78 is 0. The summed E-state index contributed by atoms with van der Waals surface area (Å²) in [7, 11) is 0. The molecule has 0 aliphatic carbocycles. The monoisotopic (exact) mass is 199 g/mol. The van der Waals surface area contributed by atoms with Crippen LogP contribution in [-0.4, -0.2) is 17.8 Å². The van der Waals surface area contributed by atoms with Crippen LogP contribution in [0.15, 0.2) is 17.5 Å². The van der Waals surface area contributed by atoms with Gasteiger partial charge in [0.1, 0.15) is 0 Å². The lowest BCUT2D eigenvalue weighted by molar-refractivity contribution is 0.0595. The number of hydrogen-bond acceptors (Lipinski definition) is 3. The predicted molar refractivity (Wildman–Crippen MR) is 56.9 cm³/mol. The van der Waals surface area contributed by atoms with Gasteiger partial charge in [-0.15, -0.1) is 11.3 Å². The van der Waals surface area contributed by atoms with Crippen LogP contribution in [-0.2, 0) is 6.42 Å². The Morgan fingerprint density at radius 1 is 1.69 bits per heavy atom. The minimum Gasteiger partial charge on any atom is -0.393 e. The van der Waals surface area contributed by atoms with Gasteiger partial charge in [-0.1, -0.05) is 13.0 Å². The molecule has 3 heteroatoms. The molecule has 1 aromatic heterocycles.